The number of rotatable bonds is 9. The van der Waals surface area contributed by atoms with Crippen LogP contribution in [0.3, 0.4) is 0 Å². The number of nitrogens with one attached hydrogen (secondary N) is 1. The molecule has 2 amide bonds. The Hall–Kier alpha value is -3.59. The summed E-state index contributed by atoms with van der Waals surface area (Å²) in [6.45, 7) is 3.41. The van der Waals surface area contributed by atoms with Gasteiger partial charge in [-0.2, -0.15) is 5.26 Å². The van der Waals surface area contributed by atoms with Gasteiger partial charge < -0.3 is 14.6 Å². The van der Waals surface area contributed by atoms with Crippen molar-refractivity contribution in [1.29, 1.82) is 5.26 Å². The highest BCUT2D eigenvalue weighted by Crippen LogP contribution is 3.02. The standard InChI is InChI=1S/C26H32F7N7O3S/c1-16(2)39-15-35-37-23(39)22(24(41)36-17-8-10-26(27,28)11-9-17)40(25(42)21-12-19(43-3)13-38(21)14-34)18-4-6-20(7-5-18)44(29,30,31,32)33/h4-7,15-17,19,21-22H,8-13H2,1-3H3,(H,36,41). The van der Waals surface area contributed by atoms with E-state index in [1.54, 1.807) is 13.8 Å². The first-order chi connectivity index (χ1) is 20.2. The Morgan fingerprint density at radius 2 is 1.75 bits per heavy atom. The zero-order chi connectivity index (χ0) is 32.7. The molecule has 10 nitrogen and oxygen atoms in total. The molecule has 0 radical (unpaired) electrons. The summed E-state index contributed by atoms with van der Waals surface area (Å²) in [5.41, 5.74) is -0.381. The van der Waals surface area contributed by atoms with Crippen LogP contribution in [0.2, 0.25) is 0 Å². The summed E-state index contributed by atoms with van der Waals surface area (Å²) >= 11 is 0. The van der Waals surface area contributed by atoms with Crippen molar-refractivity contribution in [3.05, 3.63) is 36.4 Å². The molecule has 1 saturated carbocycles. The molecule has 1 N–H and O–H groups in total. The SMILES string of the molecule is COC1CC(C(=O)N(c2ccc(S(F)(F)(F)(F)F)cc2)C(C(=O)NC2CCC(F)(F)CC2)c2nncn2C(C)C)N(C#N)C1. The Balaban J connectivity index is 1.85. The molecular formula is C26H32F7N7O3S. The van der Waals surface area contributed by atoms with Crippen molar-refractivity contribution in [1.82, 2.24) is 25.0 Å². The molecule has 3 unspecified atom stereocenters. The molecule has 1 aromatic heterocycles. The number of amides is 2. The fraction of sp³-hybridized carbons (Fsp3) is 0.577. The van der Waals surface area contributed by atoms with Crippen LogP contribution in [0.1, 0.15) is 63.9 Å². The van der Waals surface area contributed by atoms with Gasteiger partial charge in [-0.25, -0.2) is 8.78 Å². The van der Waals surface area contributed by atoms with Crippen molar-refractivity contribution < 1.29 is 42.5 Å². The largest absolute Gasteiger partial charge is 0.379 e. The molecule has 2 aromatic rings. The molecule has 1 aliphatic heterocycles. The number of ether oxygens (including phenoxy) is 1. The number of nitrogens with zero attached hydrogens (tertiary/aromatic N) is 6. The van der Waals surface area contributed by atoms with Crippen LogP contribution in [0.4, 0.5) is 33.9 Å². The topological polar surface area (TPSA) is 116 Å². The summed E-state index contributed by atoms with van der Waals surface area (Å²) in [5.74, 6) is -4.88. The lowest BCUT2D eigenvalue weighted by Gasteiger charge is -2.41. The number of carbonyl (C=O) groups is 2. The Morgan fingerprint density at radius 3 is 2.27 bits per heavy atom. The second-order valence-corrected chi connectivity index (χ2v) is 13.7. The van der Waals surface area contributed by atoms with Gasteiger partial charge in [-0.1, -0.05) is 19.4 Å². The first-order valence-electron chi connectivity index (χ1n) is 13.7. The van der Waals surface area contributed by atoms with Gasteiger partial charge in [0, 0.05) is 44.1 Å². The molecule has 1 aromatic carbocycles. The summed E-state index contributed by atoms with van der Waals surface area (Å²) in [6, 6.07) is -2.65. The van der Waals surface area contributed by atoms with E-state index in [9.17, 15) is 43.1 Å². The molecule has 18 heteroatoms. The Labute approximate surface area is 248 Å². The number of likely N-dealkylation sites (tertiary alicyclic amines) is 1. The predicted octanol–water partition coefficient (Wildman–Crippen LogP) is 5.86. The second-order valence-electron chi connectivity index (χ2n) is 11.3. The van der Waals surface area contributed by atoms with E-state index in [-0.39, 0.29) is 49.5 Å². The number of aromatic nitrogens is 3. The van der Waals surface area contributed by atoms with Crippen LogP contribution in [0, 0.1) is 11.5 Å². The van der Waals surface area contributed by atoms with Crippen molar-refractivity contribution in [3.8, 4) is 6.19 Å². The number of hydrogen-bond donors (Lipinski definition) is 1. The van der Waals surface area contributed by atoms with Gasteiger partial charge in [-0.3, -0.25) is 19.4 Å². The zero-order valence-electron chi connectivity index (χ0n) is 24.0. The maximum absolute atomic E-state index is 14.3. The van der Waals surface area contributed by atoms with Gasteiger partial charge in [0.1, 0.15) is 17.3 Å². The molecule has 0 spiro atoms. The smallest absolute Gasteiger partial charge is 0.310 e. The number of anilines is 1. The molecule has 2 heterocycles. The van der Waals surface area contributed by atoms with E-state index in [0.717, 1.165) is 9.80 Å². The Kier molecular flexibility index (Phi) is 8.39. The fourth-order valence-electron chi connectivity index (χ4n) is 5.40. The van der Waals surface area contributed by atoms with Crippen LogP contribution in [0.5, 0.6) is 0 Å². The zero-order valence-corrected chi connectivity index (χ0v) is 24.8. The lowest BCUT2D eigenvalue weighted by molar-refractivity contribution is -0.129. The number of carbonyl (C=O) groups excluding carboxylic acids is 2. The minimum absolute atomic E-state index is 0.00424. The van der Waals surface area contributed by atoms with E-state index in [1.165, 1.54) is 18.0 Å². The highest BCUT2D eigenvalue weighted by atomic mass is 32.5. The summed E-state index contributed by atoms with van der Waals surface area (Å²) in [7, 11) is -8.74. The number of nitriles is 1. The summed E-state index contributed by atoms with van der Waals surface area (Å²) in [6.07, 6.45) is 1.33. The van der Waals surface area contributed by atoms with E-state index in [2.05, 4.69) is 15.5 Å². The second kappa shape index (κ2) is 11.1. The molecule has 244 valence electrons. The van der Waals surface area contributed by atoms with Crippen molar-refractivity contribution in [3.63, 3.8) is 0 Å². The van der Waals surface area contributed by atoms with E-state index in [4.69, 9.17) is 4.74 Å². The summed E-state index contributed by atoms with van der Waals surface area (Å²) in [4.78, 5) is 27.9. The van der Waals surface area contributed by atoms with Gasteiger partial charge in [0.2, 0.25) is 5.92 Å². The van der Waals surface area contributed by atoms with Crippen molar-refractivity contribution in [2.24, 2.45) is 0 Å². The third-order valence-electron chi connectivity index (χ3n) is 7.78. The van der Waals surface area contributed by atoms with Crippen LogP contribution in [-0.4, -0.2) is 69.2 Å². The van der Waals surface area contributed by atoms with Gasteiger partial charge >= 0.3 is 10.2 Å². The van der Waals surface area contributed by atoms with Crippen LogP contribution in [0.15, 0.2) is 35.5 Å². The molecule has 1 aliphatic carbocycles. The van der Waals surface area contributed by atoms with Crippen molar-refractivity contribution in [2.45, 2.75) is 87.0 Å². The van der Waals surface area contributed by atoms with Gasteiger partial charge in [0.25, 0.3) is 11.8 Å². The van der Waals surface area contributed by atoms with E-state index >= 15 is 0 Å². The number of alkyl halides is 2. The van der Waals surface area contributed by atoms with Gasteiger partial charge in [0.05, 0.1) is 12.6 Å². The molecule has 2 aliphatic rings. The molecule has 4 rings (SSSR count). The normalized spacial score (nSPS) is 23.0. The van der Waals surface area contributed by atoms with E-state index in [1.807, 2.05) is 6.19 Å². The van der Waals surface area contributed by atoms with Gasteiger partial charge in [-0.15, -0.1) is 10.2 Å². The van der Waals surface area contributed by atoms with E-state index in [0.29, 0.717) is 12.1 Å². The fourth-order valence-corrected chi connectivity index (χ4v) is 6.05. The molecule has 44 heavy (non-hydrogen) atoms. The minimum Gasteiger partial charge on any atom is -0.379 e. The van der Waals surface area contributed by atoms with Crippen LogP contribution < -0.4 is 10.2 Å². The van der Waals surface area contributed by atoms with Crippen LogP contribution >= 0.6 is 10.2 Å². The molecule has 0 bridgehead atoms. The Bertz CT molecular complexity index is 1420. The molecule has 1 saturated heterocycles. The van der Waals surface area contributed by atoms with Crippen LogP contribution in [0.25, 0.3) is 0 Å². The lowest BCUT2D eigenvalue weighted by Crippen LogP contribution is -2.52. The minimum atomic E-state index is -10.1. The number of hydrogen-bond acceptors (Lipinski definition) is 7. The average Bonchev–Trinajstić information content (AvgIpc) is 3.58. The summed E-state index contributed by atoms with van der Waals surface area (Å²) < 4.78 is 102. The lowest BCUT2D eigenvalue weighted by atomic mass is 9.92. The van der Waals surface area contributed by atoms with Gasteiger partial charge in [-0.05, 0) is 51.0 Å². The summed E-state index contributed by atoms with van der Waals surface area (Å²) in [5, 5.41) is 20.2. The van der Waals surface area contributed by atoms with Crippen LogP contribution in [-0.2, 0) is 14.3 Å². The first kappa shape index (κ1) is 33.3. The van der Waals surface area contributed by atoms with Crippen molar-refractivity contribution in [2.75, 3.05) is 18.6 Å². The quantitative estimate of drug-likeness (QED) is 0.266. The number of benzene rings is 1. The monoisotopic (exact) mass is 655 g/mol. The molecule has 2 fully saturated rings. The van der Waals surface area contributed by atoms with Crippen molar-refractivity contribution >= 4 is 27.7 Å². The molecular weight excluding hydrogens is 623 g/mol. The van der Waals surface area contributed by atoms with Gasteiger partial charge in [0.15, 0.2) is 18.1 Å². The maximum atomic E-state index is 14.3. The number of methoxy groups -OCH3 is 1. The average molecular weight is 656 g/mol. The predicted molar refractivity (Wildman–Crippen MR) is 145 cm³/mol. The Morgan fingerprint density at radius 1 is 1.14 bits per heavy atom. The third kappa shape index (κ3) is 7.20. The third-order valence-corrected chi connectivity index (χ3v) is 8.94. The maximum Gasteiger partial charge on any atom is 0.310 e. The highest BCUT2D eigenvalue weighted by molar-refractivity contribution is 8.45. The van der Waals surface area contributed by atoms with E-state index < -0.39 is 76.0 Å². The highest BCUT2D eigenvalue weighted by Gasteiger charge is 2.65. The number of halogens is 7. The first-order valence-corrected chi connectivity index (χ1v) is 15.6. The molecule has 3 atom stereocenters.